The van der Waals surface area contributed by atoms with Gasteiger partial charge in [0, 0.05) is 24.7 Å². The molecule has 0 aliphatic carbocycles. The first-order valence-corrected chi connectivity index (χ1v) is 9.18. The van der Waals surface area contributed by atoms with Gasteiger partial charge in [0.25, 0.3) is 5.56 Å². The molecule has 1 heterocycles. The number of methoxy groups -OCH3 is 2. The molecule has 146 valence electrons. The largest absolute Gasteiger partial charge is 0.493 e. The number of hydrogen-bond acceptors (Lipinski definition) is 5. The maximum Gasteiger partial charge on any atom is 0.262 e. The van der Waals surface area contributed by atoms with E-state index in [-0.39, 0.29) is 17.9 Å². The summed E-state index contributed by atoms with van der Waals surface area (Å²) in [7, 11) is 3.09. The molecule has 0 spiro atoms. The lowest BCUT2D eigenvalue weighted by Crippen LogP contribution is -2.23. The number of fused-ring (bicyclic) bond motifs is 1. The molecule has 28 heavy (non-hydrogen) atoms. The second-order valence-electron chi connectivity index (χ2n) is 6.15. The monoisotopic (exact) mass is 399 g/mol. The number of carbonyl (C=O) groups excluding carboxylic acids is 1. The van der Waals surface area contributed by atoms with E-state index < -0.39 is 0 Å². The van der Waals surface area contributed by atoms with Crippen LogP contribution in [0.5, 0.6) is 11.5 Å². The van der Waals surface area contributed by atoms with E-state index in [1.807, 2.05) is 18.2 Å². The number of nitrogens with one attached hydrogen (secondary N) is 2. The quantitative estimate of drug-likeness (QED) is 0.594. The molecule has 3 rings (SSSR count). The minimum atomic E-state index is -0.157. The van der Waals surface area contributed by atoms with Crippen molar-refractivity contribution in [3.63, 3.8) is 0 Å². The third kappa shape index (κ3) is 4.23. The Balaban J connectivity index is 1.64. The predicted octanol–water partition coefficient (Wildman–Crippen LogP) is 3.50. The van der Waals surface area contributed by atoms with Crippen LogP contribution in [0.4, 0.5) is 5.69 Å². The Bertz CT molecular complexity index is 1120. The predicted molar refractivity (Wildman–Crippen MR) is 111 cm³/mol. The van der Waals surface area contributed by atoms with E-state index in [0.29, 0.717) is 45.8 Å². The van der Waals surface area contributed by atoms with Gasteiger partial charge in [-0.25, -0.2) is 0 Å². The Kier molecular flexibility index (Phi) is 6.10. The third-order valence-corrected chi connectivity index (χ3v) is 4.66. The Labute approximate surface area is 166 Å². The van der Waals surface area contributed by atoms with Gasteiger partial charge in [-0.15, -0.1) is 0 Å². The fourth-order valence-corrected chi connectivity index (χ4v) is 3.22. The number of carbonyl (C=O) groups is 1. The van der Waals surface area contributed by atoms with Crippen LogP contribution in [0.3, 0.4) is 0 Å². The first kappa shape index (κ1) is 19.6. The molecule has 3 aromatic rings. The highest BCUT2D eigenvalue weighted by Gasteiger charge is 2.09. The summed E-state index contributed by atoms with van der Waals surface area (Å²) in [6, 6.07) is 12.4. The van der Waals surface area contributed by atoms with Gasteiger partial charge >= 0.3 is 0 Å². The molecule has 0 radical (unpaired) electrons. The van der Waals surface area contributed by atoms with E-state index in [1.54, 1.807) is 31.4 Å². The van der Waals surface area contributed by atoms with Crippen molar-refractivity contribution in [1.29, 1.82) is 0 Å². The van der Waals surface area contributed by atoms with Crippen molar-refractivity contribution in [2.75, 3.05) is 19.5 Å². The molecular formula is C20H21N3O4S. The van der Waals surface area contributed by atoms with Crippen LogP contribution in [0, 0.1) is 4.77 Å². The number of ether oxygens (including phenoxy) is 2. The number of anilines is 1. The molecule has 7 nitrogen and oxygen atoms in total. The number of rotatable bonds is 7. The van der Waals surface area contributed by atoms with Crippen LogP contribution in [0.25, 0.3) is 10.9 Å². The first-order valence-electron chi connectivity index (χ1n) is 8.77. The minimum Gasteiger partial charge on any atom is -0.493 e. The second-order valence-corrected chi connectivity index (χ2v) is 6.54. The van der Waals surface area contributed by atoms with Gasteiger partial charge in [-0.2, -0.15) is 0 Å². The number of aromatic nitrogens is 2. The van der Waals surface area contributed by atoms with Gasteiger partial charge in [-0.3, -0.25) is 14.2 Å². The summed E-state index contributed by atoms with van der Waals surface area (Å²) in [5.74, 6) is 0.968. The average molecular weight is 399 g/mol. The molecular weight excluding hydrogens is 378 g/mol. The van der Waals surface area contributed by atoms with Gasteiger partial charge in [-0.1, -0.05) is 12.1 Å². The minimum absolute atomic E-state index is 0.153. The van der Waals surface area contributed by atoms with Crippen LogP contribution in [0.15, 0.2) is 47.3 Å². The van der Waals surface area contributed by atoms with Crippen LogP contribution in [0.1, 0.15) is 12.8 Å². The van der Waals surface area contributed by atoms with Gasteiger partial charge in [0.2, 0.25) is 5.91 Å². The van der Waals surface area contributed by atoms with Crippen molar-refractivity contribution in [1.82, 2.24) is 9.55 Å². The summed E-state index contributed by atoms with van der Waals surface area (Å²) in [6.07, 6.45) is 0.733. The zero-order valence-electron chi connectivity index (χ0n) is 15.7. The van der Waals surface area contributed by atoms with Gasteiger partial charge in [0.1, 0.15) is 0 Å². The molecule has 0 atom stereocenters. The molecule has 2 N–H and O–H groups in total. The maximum absolute atomic E-state index is 12.6. The van der Waals surface area contributed by atoms with Crippen molar-refractivity contribution < 1.29 is 14.3 Å². The zero-order valence-corrected chi connectivity index (χ0v) is 16.5. The smallest absolute Gasteiger partial charge is 0.262 e. The van der Waals surface area contributed by atoms with E-state index in [1.165, 1.54) is 11.7 Å². The first-order chi connectivity index (χ1) is 13.5. The Morgan fingerprint density at radius 1 is 1.14 bits per heavy atom. The zero-order chi connectivity index (χ0) is 20.1. The van der Waals surface area contributed by atoms with Crippen molar-refractivity contribution >= 4 is 34.7 Å². The number of aromatic amines is 1. The number of hydrogen-bond donors (Lipinski definition) is 2. The molecule has 0 unspecified atom stereocenters. The van der Waals surface area contributed by atoms with Crippen LogP contribution < -0.4 is 20.3 Å². The van der Waals surface area contributed by atoms with E-state index in [0.717, 1.165) is 0 Å². The molecule has 1 amide bonds. The lowest BCUT2D eigenvalue weighted by atomic mass is 10.2. The molecule has 2 aromatic carbocycles. The summed E-state index contributed by atoms with van der Waals surface area (Å²) in [5, 5.41) is 3.39. The van der Waals surface area contributed by atoms with E-state index in [2.05, 4.69) is 10.3 Å². The number of H-pyrrole nitrogens is 1. The molecule has 0 aliphatic heterocycles. The van der Waals surface area contributed by atoms with Crippen molar-refractivity contribution in [2.24, 2.45) is 0 Å². The van der Waals surface area contributed by atoms with Gasteiger partial charge in [0.15, 0.2) is 16.3 Å². The number of benzene rings is 2. The van der Waals surface area contributed by atoms with E-state index in [4.69, 9.17) is 21.7 Å². The molecule has 0 bridgehead atoms. The fraction of sp³-hybridized carbons (Fsp3) is 0.250. The van der Waals surface area contributed by atoms with E-state index in [9.17, 15) is 9.59 Å². The number of amides is 1. The highest BCUT2D eigenvalue weighted by Crippen LogP contribution is 2.29. The summed E-state index contributed by atoms with van der Waals surface area (Å²) < 4.78 is 12.2. The lowest BCUT2D eigenvalue weighted by molar-refractivity contribution is -0.116. The molecule has 8 heteroatoms. The SMILES string of the molecule is COc1ccc(NC(=O)CCCn2c(=S)[nH]c3ccccc3c2=O)cc1OC. The Hall–Kier alpha value is -3.13. The van der Waals surface area contributed by atoms with E-state index >= 15 is 0 Å². The van der Waals surface area contributed by atoms with Gasteiger partial charge in [-0.05, 0) is 42.9 Å². The number of nitrogens with zero attached hydrogens (tertiary/aromatic N) is 1. The number of para-hydroxylation sites is 1. The highest BCUT2D eigenvalue weighted by molar-refractivity contribution is 7.71. The Morgan fingerprint density at radius 3 is 2.64 bits per heavy atom. The standard InChI is InChI=1S/C20H21N3O4S/c1-26-16-10-9-13(12-17(16)27-2)21-18(24)8-5-11-23-19(25)14-6-3-4-7-15(14)22-20(23)28/h3-4,6-7,9-10,12H,5,8,11H2,1-2H3,(H,21,24)(H,22,28). The van der Waals surface area contributed by atoms with Crippen LogP contribution in [-0.2, 0) is 11.3 Å². The molecule has 0 fully saturated rings. The highest BCUT2D eigenvalue weighted by atomic mass is 32.1. The summed E-state index contributed by atoms with van der Waals surface area (Å²) in [5.41, 5.74) is 1.17. The second kappa shape index (κ2) is 8.71. The van der Waals surface area contributed by atoms with Crippen molar-refractivity contribution in [3.05, 3.63) is 57.6 Å². The van der Waals surface area contributed by atoms with Crippen LogP contribution in [0.2, 0.25) is 0 Å². The topological polar surface area (TPSA) is 85.4 Å². The summed E-state index contributed by atoms with van der Waals surface area (Å²) in [4.78, 5) is 27.9. The maximum atomic E-state index is 12.6. The lowest BCUT2D eigenvalue weighted by Gasteiger charge is -2.11. The molecule has 1 aromatic heterocycles. The normalized spacial score (nSPS) is 10.6. The molecule has 0 saturated heterocycles. The summed E-state index contributed by atoms with van der Waals surface area (Å²) in [6.45, 7) is 0.359. The van der Waals surface area contributed by atoms with Crippen molar-refractivity contribution in [3.8, 4) is 11.5 Å². The Morgan fingerprint density at radius 2 is 1.89 bits per heavy atom. The van der Waals surface area contributed by atoms with Crippen LogP contribution >= 0.6 is 12.2 Å². The van der Waals surface area contributed by atoms with Crippen molar-refractivity contribution in [2.45, 2.75) is 19.4 Å². The van der Waals surface area contributed by atoms with Gasteiger partial charge < -0.3 is 19.8 Å². The third-order valence-electron chi connectivity index (χ3n) is 4.34. The summed E-state index contributed by atoms with van der Waals surface area (Å²) >= 11 is 5.28. The van der Waals surface area contributed by atoms with Gasteiger partial charge in [0.05, 0.1) is 25.1 Å². The van der Waals surface area contributed by atoms with Crippen LogP contribution in [-0.4, -0.2) is 29.7 Å². The molecule has 0 aliphatic rings. The molecule has 0 saturated carbocycles. The fourth-order valence-electron chi connectivity index (χ4n) is 2.94. The average Bonchev–Trinajstić information content (AvgIpc) is 2.70.